The van der Waals surface area contributed by atoms with Crippen molar-refractivity contribution >= 4 is 22.6 Å². The third-order valence-electron chi connectivity index (χ3n) is 4.52. The molecule has 0 spiro atoms. The van der Waals surface area contributed by atoms with Crippen LogP contribution in [0, 0.1) is 0 Å². The van der Waals surface area contributed by atoms with Gasteiger partial charge >= 0.3 is 0 Å². The Morgan fingerprint density at radius 3 is 3.05 bits per heavy atom. The molecule has 1 aliphatic rings. The predicted molar refractivity (Wildman–Crippen MR) is 84.5 cm³/mol. The van der Waals surface area contributed by atoms with Gasteiger partial charge in [-0.2, -0.15) is 0 Å². The van der Waals surface area contributed by atoms with Crippen molar-refractivity contribution in [2.24, 2.45) is 0 Å². The Labute approximate surface area is 125 Å². The predicted octanol–water partition coefficient (Wildman–Crippen LogP) is 4.90. The first kappa shape index (κ1) is 14.0. The third kappa shape index (κ3) is 2.47. The molecule has 1 heterocycles. The summed E-state index contributed by atoms with van der Waals surface area (Å²) in [6.45, 7) is 5.63. The quantitative estimate of drug-likeness (QED) is 0.867. The van der Waals surface area contributed by atoms with Gasteiger partial charge in [-0.1, -0.05) is 37.6 Å². The molecule has 0 aliphatic heterocycles. The highest BCUT2D eigenvalue weighted by Gasteiger charge is 2.38. The van der Waals surface area contributed by atoms with Crippen molar-refractivity contribution in [3.05, 3.63) is 35.0 Å². The van der Waals surface area contributed by atoms with E-state index in [9.17, 15) is 0 Å². The molecule has 1 aliphatic carbocycles. The molecule has 1 aromatic heterocycles. The Hall–Kier alpha value is -0.990. The van der Waals surface area contributed by atoms with Gasteiger partial charge in [0.25, 0.3) is 0 Å². The Balaban J connectivity index is 1.85. The number of furan rings is 1. The van der Waals surface area contributed by atoms with Gasteiger partial charge in [-0.3, -0.25) is 0 Å². The van der Waals surface area contributed by atoms with Gasteiger partial charge in [0.1, 0.15) is 5.76 Å². The third-order valence-corrected chi connectivity index (χ3v) is 4.81. The minimum atomic E-state index is 0.133. The van der Waals surface area contributed by atoms with E-state index in [2.05, 4.69) is 31.3 Å². The highest BCUT2D eigenvalue weighted by molar-refractivity contribution is 6.34. The second-order valence-electron chi connectivity index (χ2n) is 6.22. The minimum Gasteiger partial charge on any atom is -0.459 e. The van der Waals surface area contributed by atoms with Crippen LogP contribution in [0.2, 0.25) is 5.02 Å². The first-order chi connectivity index (χ1) is 9.62. The van der Waals surface area contributed by atoms with Crippen molar-refractivity contribution in [2.45, 2.75) is 51.0 Å². The standard InChI is InChI=1S/C17H22ClNO/c1-3-9-19-13-7-8-17(2,11-13)15-10-12-5-4-6-14(18)16(12)20-15/h4-6,10,13,19H,3,7-9,11H2,1-2H3. The highest BCUT2D eigenvalue weighted by Crippen LogP contribution is 2.43. The SMILES string of the molecule is CCCNC1CCC(C)(c2cc3cccc(Cl)c3o2)C1. The number of benzene rings is 1. The van der Waals surface area contributed by atoms with E-state index < -0.39 is 0 Å². The molecular formula is C17H22ClNO. The molecule has 2 unspecified atom stereocenters. The Bertz CT molecular complexity index is 606. The Morgan fingerprint density at radius 2 is 2.30 bits per heavy atom. The zero-order valence-electron chi connectivity index (χ0n) is 12.2. The number of hydrogen-bond donors (Lipinski definition) is 1. The maximum Gasteiger partial charge on any atom is 0.152 e. The molecule has 0 radical (unpaired) electrons. The van der Waals surface area contributed by atoms with Gasteiger partial charge in [-0.15, -0.1) is 0 Å². The van der Waals surface area contributed by atoms with Crippen LogP contribution in [-0.2, 0) is 5.41 Å². The van der Waals surface area contributed by atoms with Crippen LogP contribution in [0.15, 0.2) is 28.7 Å². The monoisotopic (exact) mass is 291 g/mol. The normalized spacial score (nSPS) is 26.4. The van der Waals surface area contributed by atoms with Crippen LogP contribution in [0.1, 0.15) is 45.3 Å². The summed E-state index contributed by atoms with van der Waals surface area (Å²) in [5.41, 5.74) is 0.962. The summed E-state index contributed by atoms with van der Waals surface area (Å²) in [7, 11) is 0. The van der Waals surface area contributed by atoms with E-state index in [0.717, 1.165) is 29.7 Å². The molecule has 1 aromatic carbocycles. The summed E-state index contributed by atoms with van der Waals surface area (Å²) in [5.74, 6) is 1.08. The van der Waals surface area contributed by atoms with Gasteiger partial charge in [-0.05, 0) is 44.4 Å². The molecule has 1 N–H and O–H groups in total. The lowest BCUT2D eigenvalue weighted by atomic mass is 9.85. The van der Waals surface area contributed by atoms with Crippen LogP contribution in [-0.4, -0.2) is 12.6 Å². The second-order valence-corrected chi connectivity index (χ2v) is 6.63. The van der Waals surface area contributed by atoms with E-state index >= 15 is 0 Å². The van der Waals surface area contributed by atoms with E-state index in [1.807, 2.05) is 12.1 Å². The highest BCUT2D eigenvalue weighted by atomic mass is 35.5. The maximum absolute atomic E-state index is 6.21. The minimum absolute atomic E-state index is 0.133. The summed E-state index contributed by atoms with van der Waals surface area (Å²) >= 11 is 6.21. The van der Waals surface area contributed by atoms with Gasteiger partial charge in [0, 0.05) is 16.8 Å². The van der Waals surface area contributed by atoms with E-state index in [1.54, 1.807) is 0 Å². The largest absolute Gasteiger partial charge is 0.459 e. The fourth-order valence-electron chi connectivity index (χ4n) is 3.31. The van der Waals surface area contributed by atoms with Crippen molar-refractivity contribution in [1.82, 2.24) is 5.32 Å². The van der Waals surface area contributed by atoms with Gasteiger partial charge in [0.15, 0.2) is 5.58 Å². The molecule has 0 saturated heterocycles. The molecule has 108 valence electrons. The van der Waals surface area contributed by atoms with Crippen LogP contribution in [0.4, 0.5) is 0 Å². The van der Waals surface area contributed by atoms with Crippen molar-refractivity contribution in [3.63, 3.8) is 0 Å². The molecule has 1 saturated carbocycles. The lowest BCUT2D eigenvalue weighted by molar-refractivity contribution is 0.369. The van der Waals surface area contributed by atoms with Gasteiger partial charge in [0.2, 0.25) is 0 Å². The lowest BCUT2D eigenvalue weighted by Gasteiger charge is -2.21. The topological polar surface area (TPSA) is 25.2 Å². The van der Waals surface area contributed by atoms with Gasteiger partial charge in [-0.25, -0.2) is 0 Å². The van der Waals surface area contributed by atoms with Crippen LogP contribution in [0.5, 0.6) is 0 Å². The molecule has 2 atom stereocenters. The number of nitrogens with one attached hydrogen (secondary N) is 1. The zero-order valence-corrected chi connectivity index (χ0v) is 13.0. The zero-order chi connectivity index (χ0) is 14.2. The molecule has 1 fully saturated rings. The number of hydrogen-bond acceptors (Lipinski definition) is 2. The molecule has 0 bridgehead atoms. The van der Waals surface area contributed by atoms with Crippen LogP contribution < -0.4 is 5.32 Å². The van der Waals surface area contributed by atoms with E-state index in [4.69, 9.17) is 16.0 Å². The molecule has 2 nitrogen and oxygen atoms in total. The first-order valence-electron chi connectivity index (χ1n) is 7.54. The second kappa shape index (κ2) is 5.42. The number of rotatable bonds is 4. The summed E-state index contributed by atoms with van der Waals surface area (Å²) < 4.78 is 6.08. The summed E-state index contributed by atoms with van der Waals surface area (Å²) in [6.07, 6.45) is 4.73. The van der Waals surface area contributed by atoms with E-state index in [0.29, 0.717) is 11.1 Å². The summed E-state index contributed by atoms with van der Waals surface area (Å²) in [5, 5.41) is 5.45. The maximum atomic E-state index is 6.21. The fraction of sp³-hybridized carbons (Fsp3) is 0.529. The summed E-state index contributed by atoms with van der Waals surface area (Å²) in [4.78, 5) is 0. The fourth-order valence-corrected chi connectivity index (χ4v) is 3.53. The van der Waals surface area contributed by atoms with E-state index in [-0.39, 0.29) is 5.41 Å². The van der Waals surface area contributed by atoms with Crippen LogP contribution in [0.25, 0.3) is 11.0 Å². The van der Waals surface area contributed by atoms with Crippen molar-refractivity contribution in [2.75, 3.05) is 6.54 Å². The Kier molecular flexibility index (Phi) is 3.78. The van der Waals surface area contributed by atoms with E-state index in [1.165, 1.54) is 19.3 Å². The van der Waals surface area contributed by atoms with Crippen LogP contribution in [0.3, 0.4) is 0 Å². The Morgan fingerprint density at radius 1 is 1.45 bits per heavy atom. The number of fused-ring (bicyclic) bond motifs is 1. The summed E-state index contributed by atoms with van der Waals surface area (Å²) in [6, 6.07) is 8.72. The van der Waals surface area contributed by atoms with Crippen molar-refractivity contribution in [1.29, 1.82) is 0 Å². The van der Waals surface area contributed by atoms with Gasteiger partial charge < -0.3 is 9.73 Å². The molecule has 2 aromatic rings. The average molecular weight is 292 g/mol. The number of para-hydroxylation sites is 1. The molecular weight excluding hydrogens is 270 g/mol. The van der Waals surface area contributed by atoms with Gasteiger partial charge in [0.05, 0.1) is 5.02 Å². The molecule has 3 heteroatoms. The van der Waals surface area contributed by atoms with Crippen LogP contribution >= 0.6 is 11.6 Å². The average Bonchev–Trinajstić information content (AvgIpc) is 3.02. The lowest BCUT2D eigenvalue weighted by Crippen LogP contribution is -2.29. The molecule has 3 rings (SSSR count). The first-order valence-corrected chi connectivity index (χ1v) is 7.92. The molecule has 20 heavy (non-hydrogen) atoms. The number of halogens is 1. The molecule has 0 amide bonds. The van der Waals surface area contributed by atoms with Crippen molar-refractivity contribution in [3.8, 4) is 0 Å². The van der Waals surface area contributed by atoms with Crippen molar-refractivity contribution < 1.29 is 4.42 Å². The smallest absolute Gasteiger partial charge is 0.152 e.